The summed E-state index contributed by atoms with van der Waals surface area (Å²) in [5.74, 6) is 2.38. The van der Waals surface area contributed by atoms with Gasteiger partial charge in [0.15, 0.2) is 11.6 Å². The lowest BCUT2D eigenvalue weighted by atomic mass is 9.90. The number of aryl methyl sites for hydroxylation is 1. The van der Waals surface area contributed by atoms with E-state index in [1.54, 1.807) is 19.3 Å². The Morgan fingerprint density at radius 1 is 1.34 bits per heavy atom. The van der Waals surface area contributed by atoms with E-state index in [1.165, 1.54) is 6.33 Å². The first-order valence-corrected chi connectivity index (χ1v) is 9.54. The highest BCUT2D eigenvalue weighted by Crippen LogP contribution is 2.35. The van der Waals surface area contributed by atoms with E-state index < -0.39 is 0 Å². The molecule has 5 rings (SSSR count). The highest BCUT2D eigenvalue weighted by molar-refractivity contribution is 5.64. The second kappa shape index (κ2) is 6.70. The summed E-state index contributed by atoms with van der Waals surface area (Å²) in [5, 5.41) is 0. The van der Waals surface area contributed by atoms with Crippen LogP contribution in [0.1, 0.15) is 24.7 Å². The standard InChI is InChI=1S/C20H21N5O4/c1-10(6-25-9-24-18(21)17-19(25)23-8-22-17)14-5-15-12(7-27-14)4-13-16(29-15)3-11(2)28-20(13)26/h3-4,8-10,14-15H,5-7,21H2,1-2H3/t10-,14+,15+/m1/s1. The molecule has 9 nitrogen and oxygen atoms in total. The van der Waals surface area contributed by atoms with Crippen molar-refractivity contribution in [1.82, 2.24) is 19.5 Å². The summed E-state index contributed by atoms with van der Waals surface area (Å²) in [4.78, 5) is 24.8. The highest BCUT2D eigenvalue weighted by atomic mass is 16.5. The van der Waals surface area contributed by atoms with Gasteiger partial charge in [-0.3, -0.25) is 0 Å². The van der Waals surface area contributed by atoms with Crippen LogP contribution in [0.15, 0.2) is 33.5 Å². The molecule has 1 aromatic rings. The summed E-state index contributed by atoms with van der Waals surface area (Å²) in [6, 6.07) is 1.76. The lowest BCUT2D eigenvalue weighted by Gasteiger charge is -2.37. The molecule has 0 radical (unpaired) electrons. The molecule has 4 aliphatic heterocycles. The Balaban J connectivity index is 1.34. The van der Waals surface area contributed by atoms with Crippen molar-refractivity contribution in [1.29, 1.82) is 0 Å². The lowest BCUT2D eigenvalue weighted by molar-refractivity contribution is -0.0320. The molecule has 0 spiro atoms. The van der Waals surface area contributed by atoms with Crippen LogP contribution in [0, 0.1) is 12.8 Å². The summed E-state index contributed by atoms with van der Waals surface area (Å²) < 4.78 is 19.4. The van der Waals surface area contributed by atoms with Gasteiger partial charge >= 0.3 is 5.63 Å². The first-order chi connectivity index (χ1) is 14.0. The highest BCUT2D eigenvalue weighted by Gasteiger charge is 2.35. The van der Waals surface area contributed by atoms with Gasteiger partial charge in [-0.05, 0) is 18.6 Å². The zero-order valence-corrected chi connectivity index (χ0v) is 16.2. The third kappa shape index (κ3) is 3.07. The topological polar surface area (TPSA) is 118 Å². The number of imidazole rings is 1. The Bertz CT molecular complexity index is 1130. The molecule has 0 unspecified atom stereocenters. The number of fused-ring (bicyclic) bond motifs is 3. The molecule has 1 saturated heterocycles. The van der Waals surface area contributed by atoms with Gasteiger partial charge in [0, 0.05) is 24.9 Å². The first-order valence-electron chi connectivity index (χ1n) is 9.54. The van der Waals surface area contributed by atoms with Gasteiger partial charge < -0.3 is 24.2 Å². The third-order valence-corrected chi connectivity index (χ3v) is 5.55. The number of nitrogen functional groups attached to an aromatic ring is 1. The van der Waals surface area contributed by atoms with Crippen LogP contribution in [0.2, 0.25) is 0 Å². The van der Waals surface area contributed by atoms with Gasteiger partial charge in [-0.15, -0.1) is 0 Å². The maximum Gasteiger partial charge on any atom is 0.346 e. The van der Waals surface area contributed by atoms with Crippen LogP contribution in [0.25, 0.3) is 17.6 Å². The smallest absolute Gasteiger partial charge is 0.346 e. The summed E-state index contributed by atoms with van der Waals surface area (Å²) in [6.07, 6.45) is 5.60. The van der Waals surface area contributed by atoms with Crippen molar-refractivity contribution in [2.75, 3.05) is 12.3 Å². The number of rotatable bonds is 3. The van der Waals surface area contributed by atoms with Crippen molar-refractivity contribution in [3.8, 4) is 17.3 Å². The van der Waals surface area contributed by atoms with Crippen LogP contribution in [-0.2, 0) is 11.3 Å². The van der Waals surface area contributed by atoms with Gasteiger partial charge in [-0.2, -0.15) is 0 Å². The number of aromatic nitrogens is 4. The molecule has 0 bridgehead atoms. The number of nitrogens with zero attached hydrogens (tertiary/aromatic N) is 4. The molecule has 5 heterocycles. The fourth-order valence-corrected chi connectivity index (χ4v) is 4.00. The molecule has 0 aliphatic carbocycles. The summed E-state index contributed by atoms with van der Waals surface area (Å²) in [6.45, 7) is 4.95. The quantitative estimate of drug-likeness (QED) is 0.714. The average molecular weight is 395 g/mol. The minimum atomic E-state index is -0.381. The molecule has 150 valence electrons. The van der Waals surface area contributed by atoms with Crippen LogP contribution in [0.4, 0.5) is 5.82 Å². The zero-order valence-electron chi connectivity index (χ0n) is 16.2. The maximum atomic E-state index is 12.1. The number of ether oxygens (including phenoxy) is 2. The van der Waals surface area contributed by atoms with E-state index in [4.69, 9.17) is 19.6 Å². The Hall–Kier alpha value is -3.20. The molecule has 29 heavy (non-hydrogen) atoms. The minimum Gasteiger partial charge on any atom is -0.485 e. The molecule has 1 aromatic heterocycles. The molecular formula is C20H21N5O4. The Labute approximate surface area is 166 Å². The van der Waals surface area contributed by atoms with E-state index in [0.29, 0.717) is 54.0 Å². The predicted octanol–water partition coefficient (Wildman–Crippen LogP) is 1.89. The monoisotopic (exact) mass is 395 g/mol. The van der Waals surface area contributed by atoms with Crippen LogP contribution in [0.5, 0.6) is 5.75 Å². The maximum absolute atomic E-state index is 12.1. The first kappa shape index (κ1) is 17.9. The third-order valence-electron chi connectivity index (χ3n) is 5.55. The Morgan fingerprint density at radius 2 is 2.21 bits per heavy atom. The summed E-state index contributed by atoms with van der Waals surface area (Å²) in [5.41, 5.74) is 7.52. The van der Waals surface area contributed by atoms with E-state index in [9.17, 15) is 4.79 Å². The van der Waals surface area contributed by atoms with Crippen LogP contribution in [-0.4, -0.2) is 38.3 Å². The van der Waals surface area contributed by atoms with Gasteiger partial charge in [-0.1, -0.05) is 6.92 Å². The van der Waals surface area contributed by atoms with Gasteiger partial charge in [0.25, 0.3) is 0 Å². The molecule has 0 aromatic carbocycles. The van der Waals surface area contributed by atoms with Crippen molar-refractivity contribution in [2.24, 2.45) is 5.92 Å². The minimum absolute atomic E-state index is 0.0112. The van der Waals surface area contributed by atoms with E-state index in [2.05, 4.69) is 21.9 Å². The van der Waals surface area contributed by atoms with E-state index in [1.807, 2.05) is 10.6 Å². The number of hydrogen-bond acceptors (Lipinski definition) is 8. The Morgan fingerprint density at radius 3 is 3.07 bits per heavy atom. The molecule has 0 amide bonds. The zero-order chi connectivity index (χ0) is 20.1. The summed E-state index contributed by atoms with van der Waals surface area (Å²) in [7, 11) is 0. The fraction of sp³-hybridized carbons (Fsp3) is 0.400. The van der Waals surface area contributed by atoms with Crippen LogP contribution < -0.4 is 16.1 Å². The Kier molecular flexibility index (Phi) is 4.13. The second-order valence-electron chi connectivity index (χ2n) is 7.64. The molecule has 1 fully saturated rings. The van der Waals surface area contributed by atoms with Gasteiger partial charge in [-0.25, -0.2) is 19.7 Å². The lowest BCUT2D eigenvalue weighted by Crippen LogP contribution is -2.41. The van der Waals surface area contributed by atoms with Gasteiger partial charge in [0.1, 0.15) is 35.2 Å². The summed E-state index contributed by atoms with van der Waals surface area (Å²) >= 11 is 0. The normalized spacial score (nSPS) is 21.8. The van der Waals surface area contributed by atoms with Crippen molar-refractivity contribution in [3.05, 3.63) is 46.0 Å². The SMILES string of the molecule is Cc1cc2c(c(=O)o1)C=C1CO[C@H]([C@H](C)Cn3cnc(N)c4ncnc3-4)C[C@@H]1O2. The number of nitrogens with two attached hydrogens (primary N) is 1. The van der Waals surface area contributed by atoms with Crippen molar-refractivity contribution in [3.63, 3.8) is 0 Å². The van der Waals surface area contributed by atoms with Crippen molar-refractivity contribution < 1.29 is 13.9 Å². The average Bonchev–Trinajstić information content (AvgIpc) is 3.19. The molecule has 0 saturated carbocycles. The van der Waals surface area contributed by atoms with Crippen molar-refractivity contribution >= 4 is 11.9 Å². The van der Waals surface area contributed by atoms with Gasteiger partial charge in [0.05, 0.1) is 19.0 Å². The van der Waals surface area contributed by atoms with Crippen LogP contribution in [0.3, 0.4) is 0 Å². The van der Waals surface area contributed by atoms with E-state index in [0.717, 1.165) is 5.57 Å². The molecule has 4 aliphatic rings. The van der Waals surface area contributed by atoms with E-state index in [-0.39, 0.29) is 23.8 Å². The van der Waals surface area contributed by atoms with Gasteiger partial charge in [0.2, 0.25) is 0 Å². The second-order valence-corrected chi connectivity index (χ2v) is 7.64. The predicted molar refractivity (Wildman–Crippen MR) is 104 cm³/mol. The molecule has 2 N–H and O–H groups in total. The molecule has 3 atom stereocenters. The molecular weight excluding hydrogens is 374 g/mol. The van der Waals surface area contributed by atoms with Crippen LogP contribution >= 0.6 is 0 Å². The number of anilines is 1. The van der Waals surface area contributed by atoms with Crippen molar-refractivity contribution in [2.45, 2.75) is 39.0 Å². The number of hydrogen-bond donors (Lipinski definition) is 1. The van der Waals surface area contributed by atoms with E-state index >= 15 is 0 Å². The largest absolute Gasteiger partial charge is 0.485 e. The molecule has 9 heteroatoms. The fourth-order valence-electron chi connectivity index (χ4n) is 4.00.